The minimum atomic E-state index is -0.228. The third kappa shape index (κ3) is 6.32. The molecule has 0 fully saturated rings. The van der Waals surface area contributed by atoms with Crippen LogP contribution in [0.1, 0.15) is 57.6 Å². The summed E-state index contributed by atoms with van der Waals surface area (Å²) < 4.78 is 6.12. The molecule has 5 heteroatoms. The molecule has 5 nitrogen and oxygen atoms in total. The average Bonchev–Trinajstić information content (AvgIpc) is 3.46. The maximum Gasteiger partial charge on any atom is 0.248 e. The van der Waals surface area contributed by atoms with Gasteiger partial charge in [-0.25, -0.2) is 0 Å². The van der Waals surface area contributed by atoms with E-state index < -0.39 is 0 Å². The number of Topliss-reactive ketones (excluding diaryl/α,β-unsaturated/α-hetero) is 1. The molecule has 0 saturated carbocycles. The molecule has 0 spiro atoms. The fourth-order valence-electron chi connectivity index (χ4n) is 6.39. The van der Waals surface area contributed by atoms with E-state index in [-0.39, 0.29) is 23.9 Å². The molecule has 1 aromatic heterocycles. The van der Waals surface area contributed by atoms with Crippen LogP contribution >= 0.6 is 0 Å². The second kappa shape index (κ2) is 12.8. The van der Waals surface area contributed by atoms with E-state index in [4.69, 9.17) is 4.74 Å². The summed E-state index contributed by atoms with van der Waals surface area (Å²) >= 11 is 0. The first-order chi connectivity index (χ1) is 21.0. The van der Waals surface area contributed by atoms with Crippen LogP contribution in [-0.4, -0.2) is 28.3 Å². The third-order valence-corrected chi connectivity index (χ3v) is 8.68. The predicted molar refractivity (Wildman–Crippen MR) is 173 cm³/mol. The number of hydrogen-bond acceptors (Lipinski definition) is 4. The smallest absolute Gasteiger partial charge is 0.248 e. The maximum atomic E-state index is 14.1. The van der Waals surface area contributed by atoms with Crippen molar-refractivity contribution in [2.75, 3.05) is 6.54 Å². The summed E-state index contributed by atoms with van der Waals surface area (Å²) in [6.07, 6.45) is 3.95. The number of aromatic amines is 1. The molecule has 218 valence electrons. The highest BCUT2D eigenvalue weighted by Crippen LogP contribution is 2.32. The Labute approximate surface area is 253 Å². The lowest BCUT2D eigenvalue weighted by Gasteiger charge is -2.28. The van der Waals surface area contributed by atoms with Crippen molar-refractivity contribution in [3.05, 3.63) is 146 Å². The van der Waals surface area contributed by atoms with Crippen LogP contribution in [0.4, 0.5) is 0 Å². The quantitative estimate of drug-likeness (QED) is 0.172. The number of carbonyl (C=O) groups excluding carboxylic acids is 1. The van der Waals surface area contributed by atoms with Crippen LogP contribution in [0.15, 0.2) is 102 Å². The van der Waals surface area contributed by atoms with Gasteiger partial charge in [0.1, 0.15) is 12.4 Å². The molecule has 0 saturated heterocycles. The minimum Gasteiger partial charge on any atom is -0.487 e. The number of fused-ring (bicyclic) bond motifs is 2. The molecule has 0 unspecified atom stereocenters. The van der Waals surface area contributed by atoms with E-state index in [2.05, 4.69) is 60.1 Å². The van der Waals surface area contributed by atoms with E-state index in [0.29, 0.717) is 35.4 Å². The molecule has 1 aliphatic carbocycles. The van der Waals surface area contributed by atoms with Crippen LogP contribution in [0.5, 0.6) is 5.75 Å². The number of rotatable bonds is 11. The summed E-state index contributed by atoms with van der Waals surface area (Å²) in [5.74, 6) is 0.584. The first kappa shape index (κ1) is 28.6. The average molecular weight is 571 g/mol. The van der Waals surface area contributed by atoms with Crippen LogP contribution in [0.3, 0.4) is 0 Å². The van der Waals surface area contributed by atoms with Gasteiger partial charge >= 0.3 is 0 Å². The van der Waals surface area contributed by atoms with Crippen LogP contribution in [0.2, 0.25) is 0 Å². The Kier molecular flexibility index (Phi) is 8.52. The molecule has 43 heavy (non-hydrogen) atoms. The monoisotopic (exact) mass is 570 g/mol. The van der Waals surface area contributed by atoms with Gasteiger partial charge in [-0.1, -0.05) is 86.6 Å². The molecular weight excluding hydrogens is 532 g/mol. The van der Waals surface area contributed by atoms with Gasteiger partial charge in [-0.15, -0.1) is 0 Å². The van der Waals surface area contributed by atoms with Crippen molar-refractivity contribution in [2.45, 2.75) is 58.7 Å². The van der Waals surface area contributed by atoms with Crippen molar-refractivity contribution in [3.63, 3.8) is 0 Å². The van der Waals surface area contributed by atoms with Gasteiger partial charge in [-0.2, -0.15) is 0 Å². The Morgan fingerprint density at radius 3 is 2.07 bits per heavy atom. The van der Waals surface area contributed by atoms with Gasteiger partial charge in [0, 0.05) is 29.6 Å². The molecule has 0 aliphatic heterocycles. The zero-order valence-electron chi connectivity index (χ0n) is 24.9. The highest BCUT2D eigenvalue weighted by Gasteiger charge is 2.30. The summed E-state index contributed by atoms with van der Waals surface area (Å²) in [6.45, 7) is 5.80. The standard InChI is InChI=1S/C38H38N2O3/c1-3-28-19-30-21-32(22-31(30)20-29(28)4-2)40(23-26-11-7-5-8-12-26)24-35(41)33-15-17-36(38-34(33)16-18-37(42)39-38)43-25-27-13-9-6-10-14-27/h5-20,32H,3-4,21-25H2,1-2H3,(H,39,42). The number of benzene rings is 4. The number of nitrogens with one attached hydrogen (secondary N) is 1. The second-order valence-electron chi connectivity index (χ2n) is 11.5. The topological polar surface area (TPSA) is 62.4 Å². The minimum absolute atomic E-state index is 0.0297. The predicted octanol–water partition coefficient (Wildman–Crippen LogP) is 7.08. The Morgan fingerprint density at radius 1 is 0.814 bits per heavy atom. The Hall–Kier alpha value is -4.48. The third-order valence-electron chi connectivity index (χ3n) is 8.68. The molecule has 1 heterocycles. The van der Waals surface area contributed by atoms with Crippen molar-refractivity contribution >= 4 is 16.7 Å². The lowest BCUT2D eigenvalue weighted by molar-refractivity contribution is 0.0886. The summed E-state index contributed by atoms with van der Waals surface area (Å²) in [5, 5.41) is 0.699. The van der Waals surface area contributed by atoms with Crippen molar-refractivity contribution in [2.24, 2.45) is 0 Å². The lowest BCUT2D eigenvalue weighted by Crippen LogP contribution is -2.39. The summed E-state index contributed by atoms with van der Waals surface area (Å²) in [5.41, 5.74) is 8.82. The molecule has 1 aliphatic rings. The summed E-state index contributed by atoms with van der Waals surface area (Å²) in [6, 6.07) is 32.2. The zero-order chi connectivity index (χ0) is 29.8. The Bertz CT molecular complexity index is 1760. The number of aromatic nitrogens is 1. The van der Waals surface area contributed by atoms with E-state index in [0.717, 1.165) is 31.2 Å². The van der Waals surface area contributed by atoms with E-state index in [1.54, 1.807) is 12.1 Å². The van der Waals surface area contributed by atoms with Gasteiger partial charge < -0.3 is 9.72 Å². The number of aryl methyl sites for hydroxylation is 2. The highest BCUT2D eigenvalue weighted by molar-refractivity contribution is 6.09. The molecule has 4 aromatic carbocycles. The fraction of sp³-hybridized carbons (Fsp3) is 0.263. The first-order valence-corrected chi connectivity index (χ1v) is 15.3. The van der Waals surface area contributed by atoms with E-state index >= 15 is 0 Å². The van der Waals surface area contributed by atoms with Gasteiger partial charge in [-0.05, 0) is 77.3 Å². The van der Waals surface area contributed by atoms with Crippen LogP contribution in [0.25, 0.3) is 10.9 Å². The van der Waals surface area contributed by atoms with Gasteiger partial charge in [-0.3, -0.25) is 14.5 Å². The van der Waals surface area contributed by atoms with E-state index in [1.807, 2.05) is 42.5 Å². The molecular formula is C38H38N2O3. The van der Waals surface area contributed by atoms with E-state index in [9.17, 15) is 9.59 Å². The Balaban J connectivity index is 1.29. The van der Waals surface area contributed by atoms with E-state index in [1.165, 1.54) is 33.9 Å². The van der Waals surface area contributed by atoms with Gasteiger partial charge in [0.15, 0.2) is 5.78 Å². The first-order valence-electron chi connectivity index (χ1n) is 15.3. The zero-order valence-corrected chi connectivity index (χ0v) is 24.9. The number of pyridine rings is 1. The highest BCUT2D eigenvalue weighted by atomic mass is 16.5. The van der Waals surface area contributed by atoms with Crippen molar-refractivity contribution in [1.29, 1.82) is 0 Å². The number of ether oxygens (including phenoxy) is 1. The molecule has 1 N–H and O–H groups in total. The van der Waals surface area contributed by atoms with Gasteiger partial charge in [0.25, 0.3) is 0 Å². The maximum absolute atomic E-state index is 14.1. The number of ketones is 1. The molecule has 5 aromatic rings. The normalized spacial score (nSPS) is 13.0. The van der Waals surface area contributed by atoms with Crippen molar-refractivity contribution in [3.8, 4) is 5.75 Å². The molecule has 0 radical (unpaired) electrons. The summed E-state index contributed by atoms with van der Waals surface area (Å²) in [4.78, 5) is 31.7. The number of H-pyrrole nitrogens is 1. The van der Waals surface area contributed by atoms with Gasteiger partial charge in [0.2, 0.25) is 5.56 Å². The molecule has 6 rings (SSSR count). The van der Waals surface area contributed by atoms with Gasteiger partial charge in [0.05, 0.1) is 12.1 Å². The molecule has 0 bridgehead atoms. The van der Waals surface area contributed by atoms with Crippen LogP contribution in [-0.2, 0) is 38.8 Å². The van der Waals surface area contributed by atoms with Crippen LogP contribution in [0, 0.1) is 0 Å². The lowest BCUT2D eigenvalue weighted by atomic mass is 9.97. The number of hydrogen-bond donors (Lipinski definition) is 1. The van der Waals surface area contributed by atoms with Crippen molar-refractivity contribution < 1.29 is 9.53 Å². The fourth-order valence-corrected chi connectivity index (χ4v) is 6.39. The largest absolute Gasteiger partial charge is 0.487 e. The number of nitrogens with zero attached hydrogens (tertiary/aromatic N) is 1. The molecule has 0 amide bonds. The number of carbonyl (C=O) groups is 1. The van der Waals surface area contributed by atoms with Crippen LogP contribution < -0.4 is 10.3 Å². The summed E-state index contributed by atoms with van der Waals surface area (Å²) in [7, 11) is 0. The Morgan fingerprint density at radius 2 is 1.44 bits per heavy atom. The SMILES string of the molecule is CCc1cc2c(cc1CC)CC(N(CC(=O)c1ccc(OCc3ccccc3)c3[nH]c(=O)ccc13)Cc1ccccc1)C2. The van der Waals surface area contributed by atoms with Crippen molar-refractivity contribution in [1.82, 2.24) is 9.88 Å². The second-order valence-corrected chi connectivity index (χ2v) is 11.5. The molecule has 0 atom stereocenters.